The van der Waals surface area contributed by atoms with Crippen LogP contribution in [0.2, 0.25) is 0 Å². The van der Waals surface area contributed by atoms with Crippen molar-refractivity contribution in [3.8, 4) is 11.6 Å². The molecule has 2 aromatic heterocycles. The molecule has 5 nitrogen and oxygen atoms in total. The smallest absolute Gasteiger partial charge is 0.352 e. The average Bonchev–Trinajstić information content (AvgIpc) is 3.26. The van der Waals surface area contributed by atoms with E-state index in [4.69, 9.17) is 8.94 Å². The average molecular weight is 320 g/mol. The van der Waals surface area contributed by atoms with E-state index in [0.717, 1.165) is 5.39 Å². The van der Waals surface area contributed by atoms with E-state index in [2.05, 4.69) is 10.1 Å². The number of alkyl halides is 2. The number of hydrogen-bond acceptors (Lipinski definition) is 5. The number of nitrogens with zero attached hydrogens (tertiary/aromatic N) is 2. The number of aliphatic hydroxyl groups is 1. The minimum atomic E-state index is -3.58. The van der Waals surface area contributed by atoms with Crippen molar-refractivity contribution in [3.05, 3.63) is 36.2 Å². The van der Waals surface area contributed by atoms with Crippen LogP contribution in [0.3, 0.4) is 0 Å². The first-order valence-corrected chi connectivity index (χ1v) is 7.43. The molecule has 23 heavy (non-hydrogen) atoms. The zero-order valence-corrected chi connectivity index (χ0v) is 12.1. The van der Waals surface area contributed by atoms with Gasteiger partial charge in [-0.1, -0.05) is 36.2 Å². The lowest BCUT2D eigenvalue weighted by atomic mass is 9.93. The third kappa shape index (κ3) is 2.15. The summed E-state index contributed by atoms with van der Waals surface area (Å²) in [6, 6.07) is 8.90. The molecule has 1 fully saturated rings. The van der Waals surface area contributed by atoms with Crippen LogP contribution >= 0.6 is 0 Å². The molecule has 0 unspecified atom stereocenters. The van der Waals surface area contributed by atoms with Crippen LogP contribution in [0.1, 0.15) is 31.6 Å². The zero-order chi connectivity index (χ0) is 16.1. The molecule has 7 heteroatoms. The third-order valence-electron chi connectivity index (χ3n) is 4.36. The van der Waals surface area contributed by atoms with Crippen LogP contribution < -0.4 is 0 Å². The van der Waals surface area contributed by atoms with E-state index in [9.17, 15) is 13.9 Å². The Balaban J connectivity index is 1.71. The van der Waals surface area contributed by atoms with Gasteiger partial charge in [-0.25, -0.2) is 0 Å². The van der Waals surface area contributed by atoms with Crippen LogP contribution in [0.4, 0.5) is 8.78 Å². The number of halogens is 2. The molecule has 1 aromatic carbocycles. The van der Waals surface area contributed by atoms with Crippen molar-refractivity contribution in [2.24, 2.45) is 0 Å². The van der Waals surface area contributed by atoms with E-state index in [1.165, 1.54) is 0 Å². The minimum absolute atomic E-state index is 0.0162. The summed E-state index contributed by atoms with van der Waals surface area (Å²) in [6.07, 6.45) is 1.14. The maximum atomic E-state index is 14.5. The SMILES string of the molecule is OC1(C(F)(F)c2nc(-c3cc4ccccc4o3)no2)CCCC1. The highest BCUT2D eigenvalue weighted by Crippen LogP contribution is 2.47. The summed E-state index contributed by atoms with van der Waals surface area (Å²) >= 11 is 0. The monoisotopic (exact) mass is 320 g/mol. The second-order valence-electron chi connectivity index (χ2n) is 5.88. The summed E-state index contributed by atoms with van der Waals surface area (Å²) in [5, 5.41) is 14.6. The maximum absolute atomic E-state index is 14.5. The molecule has 2 heterocycles. The fourth-order valence-corrected chi connectivity index (χ4v) is 3.02. The van der Waals surface area contributed by atoms with Gasteiger partial charge in [-0.3, -0.25) is 0 Å². The first-order chi connectivity index (χ1) is 11.0. The van der Waals surface area contributed by atoms with Gasteiger partial charge >= 0.3 is 11.8 Å². The summed E-state index contributed by atoms with van der Waals surface area (Å²) in [5.74, 6) is -4.27. The van der Waals surface area contributed by atoms with Crippen LogP contribution in [-0.4, -0.2) is 20.8 Å². The van der Waals surface area contributed by atoms with E-state index in [0.29, 0.717) is 18.4 Å². The number of furan rings is 1. The summed E-state index contributed by atoms with van der Waals surface area (Å²) < 4.78 is 39.3. The molecule has 1 N–H and O–H groups in total. The van der Waals surface area contributed by atoms with Crippen LogP contribution in [0.5, 0.6) is 0 Å². The molecule has 1 aliphatic carbocycles. The Morgan fingerprint density at radius 2 is 1.91 bits per heavy atom. The van der Waals surface area contributed by atoms with Gasteiger partial charge in [-0.15, -0.1) is 0 Å². The number of fused-ring (bicyclic) bond motifs is 1. The molecule has 0 bridgehead atoms. The molecule has 1 saturated carbocycles. The van der Waals surface area contributed by atoms with E-state index >= 15 is 0 Å². The van der Waals surface area contributed by atoms with Crippen LogP contribution in [0.25, 0.3) is 22.6 Å². The summed E-state index contributed by atoms with van der Waals surface area (Å²) in [7, 11) is 0. The fourth-order valence-electron chi connectivity index (χ4n) is 3.02. The Morgan fingerprint density at radius 1 is 1.17 bits per heavy atom. The largest absolute Gasteiger partial charge is 0.453 e. The van der Waals surface area contributed by atoms with Gasteiger partial charge in [0.15, 0.2) is 5.76 Å². The normalized spacial score (nSPS) is 17.9. The van der Waals surface area contributed by atoms with Crippen LogP contribution in [0, 0.1) is 0 Å². The molecule has 0 spiro atoms. The summed E-state index contributed by atoms with van der Waals surface area (Å²) in [5.41, 5.74) is -1.51. The molecule has 4 rings (SSSR count). The van der Waals surface area contributed by atoms with Crippen molar-refractivity contribution < 1.29 is 22.8 Å². The molecular weight excluding hydrogens is 306 g/mol. The minimum Gasteiger partial charge on any atom is -0.453 e. The van der Waals surface area contributed by atoms with Crippen molar-refractivity contribution >= 4 is 11.0 Å². The van der Waals surface area contributed by atoms with Gasteiger partial charge in [0.05, 0.1) is 0 Å². The molecule has 0 radical (unpaired) electrons. The van der Waals surface area contributed by atoms with Crippen LogP contribution in [0.15, 0.2) is 39.3 Å². The van der Waals surface area contributed by atoms with Gasteiger partial charge in [-0.2, -0.15) is 13.8 Å². The molecule has 0 aliphatic heterocycles. The van der Waals surface area contributed by atoms with Gasteiger partial charge in [0.1, 0.15) is 11.2 Å². The Labute approximate surface area is 129 Å². The second kappa shape index (κ2) is 4.86. The van der Waals surface area contributed by atoms with Gasteiger partial charge in [0.2, 0.25) is 5.82 Å². The molecule has 3 aromatic rings. The van der Waals surface area contributed by atoms with Crippen molar-refractivity contribution in [3.63, 3.8) is 0 Å². The molecule has 0 saturated heterocycles. The number of hydrogen-bond donors (Lipinski definition) is 1. The van der Waals surface area contributed by atoms with Crippen molar-refractivity contribution in [1.29, 1.82) is 0 Å². The predicted molar refractivity (Wildman–Crippen MR) is 76.8 cm³/mol. The number of rotatable bonds is 3. The van der Waals surface area contributed by atoms with Gasteiger partial charge in [0, 0.05) is 5.39 Å². The van der Waals surface area contributed by atoms with Gasteiger partial charge in [-0.05, 0) is 25.0 Å². The lowest BCUT2D eigenvalue weighted by Gasteiger charge is -2.28. The highest BCUT2D eigenvalue weighted by Gasteiger charge is 2.58. The first kappa shape index (κ1) is 14.3. The molecule has 1 aliphatic rings. The van der Waals surface area contributed by atoms with E-state index < -0.39 is 17.4 Å². The Kier molecular flexibility index (Phi) is 3.02. The number of benzene rings is 1. The summed E-state index contributed by atoms with van der Waals surface area (Å²) in [6.45, 7) is 0. The topological polar surface area (TPSA) is 72.3 Å². The van der Waals surface area contributed by atoms with Gasteiger partial charge < -0.3 is 14.0 Å². The standard InChI is InChI=1S/C16H14F2N2O3/c17-16(18,15(21)7-3-4-8-15)14-19-13(20-23-14)12-9-10-5-1-2-6-11(10)22-12/h1-2,5-6,9,21H,3-4,7-8H2. The Hall–Kier alpha value is -2.28. The molecular formula is C16H14F2N2O3. The highest BCUT2D eigenvalue weighted by molar-refractivity contribution is 5.81. The lowest BCUT2D eigenvalue weighted by molar-refractivity contribution is -0.198. The van der Waals surface area contributed by atoms with Crippen molar-refractivity contribution in [2.45, 2.75) is 37.2 Å². The molecule has 120 valence electrons. The van der Waals surface area contributed by atoms with Crippen molar-refractivity contribution in [1.82, 2.24) is 10.1 Å². The molecule has 0 atom stereocenters. The van der Waals surface area contributed by atoms with E-state index in [-0.39, 0.29) is 24.4 Å². The lowest BCUT2D eigenvalue weighted by Crippen LogP contribution is -2.43. The predicted octanol–water partition coefficient (Wildman–Crippen LogP) is 3.88. The van der Waals surface area contributed by atoms with Crippen molar-refractivity contribution in [2.75, 3.05) is 0 Å². The first-order valence-electron chi connectivity index (χ1n) is 7.43. The van der Waals surface area contributed by atoms with E-state index in [1.54, 1.807) is 18.2 Å². The maximum Gasteiger partial charge on any atom is 0.352 e. The Bertz CT molecular complexity index is 817. The Morgan fingerprint density at radius 3 is 2.65 bits per heavy atom. The second-order valence-corrected chi connectivity index (χ2v) is 5.88. The highest BCUT2D eigenvalue weighted by atomic mass is 19.3. The van der Waals surface area contributed by atoms with E-state index in [1.807, 2.05) is 12.1 Å². The fraction of sp³-hybridized carbons (Fsp3) is 0.375. The van der Waals surface area contributed by atoms with Crippen LogP contribution in [-0.2, 0) is 5.92 Å². The summed E-state index contributed by atoms with van der Waals surface area (Å²) in [4.78, 5) is 3.76. The number of para-hydroxylation sites is 1. The molecule has 0 amide bonds. The third-order valence-corrected chi connectivity index (χ3v) is 4.36. The quantitative estimate of drug-likeness (QED) is 0.793. The number of aromatic nitrogens is 2. The van der Waals surface area contributed by atoms with Gasteiger partial charge in [0.25, 0.3) is 0 Å². The zero-order valence-electron chi connectivity index (χ0n) is 12.1.